The predicted octanol–water partition coefficient (Wildman–Crippen LogP) is 1.80. The second-order valence-electron chi connectivity index (χ2n) is 3.32. The van der Waals surface area contributed by atoms with E-state index in [0.29, 0.717) is 5.69 Å². The van der Waals surface area contributed by atoms with E-state index in [1.807, 2.05) is 19.2 Å². The van der Waals surface area contributed by atoms with Crippen LogP contribution in [0.25, 0.3) is 11.9 Å². The number of aromatic nitrogens is 3. The molecular weight excluding hydrogens is 188 g/mol. The molecule has 15 heavy (non-hydrogen) atoms. The van der Waals surface area contributed by atoms with Crippen LogP contribution in [0.3, 0.4) is 0 Å². The molecule has 2 aromatic heterocycles. The molecule has 0 radical (unpaired) electrons. The van der Waals surface area contributed by atoms with Crippen LogP contribution in [0.1, 0.15) is 11.3 Å². The Morgan fingerprint density at radius 2 is 2.27 bits per heavy atom. The summed E-state index contributed by atoms with van der Waals surface area (Å²) >= 11 is 0. The maximum atomic E-state index is 5.73. The van der Waals surface area contributed by atoms with Crippen LogP contribution in [-0.4, -0.2) is 14.8 Å². The summed E-state index contributed by atoms with van der Waals surface area (Å²) in [5, 5.41) is 4.17. The van der Waals surface area contributed by atoms with Crippen LogP contribution in [-0.2, 0) is 0 Å². The Morgan fingerprint density at radius 1 is 1.47 bits per heavy atom. The number of aryl methyl sites for hydroxylation is 1. The fourth-order valence-electron chi connectivity index (χ4n) is 1.36. The van der Waals surface area contributed by atoms with E-state index in [2.05, 4.69) is 16.7 Å². The lowest BCUT2D eigenvalue weighted by Gasteiger charge is -2.02. The third-order valence-corrected chi connectivity index (χ3v) is 2.04. The third kappa shape index (κ3) is 1.88. The van der Waals surface area contributed by atoms with Gasteiger partial charge in [-0.2, -0.15) is 5.10 Å². The first-order valence-electron chi connectivity index (χ1n) is 4.60. The quantitative estimate of drug-likeness (QED) is 0.804. The summed E-state index contributed by atoms with van der Waals surface area (Å²) in [4.78, 5) is 4.34. The number of nitrogens with zero attached hydrogens (tertiary/aromatic N) is 3. The van der Waals surface area contributed by atoms with Crippen molar-refractivity contribution in [3.8, 4) is 5.82 Å². The summed E-state index contributed by atoms with van der Waals surface area (Å²) in [5.74, 6) is 0.723. The Hall–Kier alpha value is -2.10. The lowest BCUT2D eigenvalue weighted by atomic mass is 10.3. The average Bonchev–Trinajstić information content (AvgIpc) is 2.64. The maximum absolute atomic E-state index is 5.73. The molecule has 2 rings (SSSR count). The van der Waals surface area contributed by atoms with Crippen LogP contribution in [0.15, 0.2) is 31.1 Å². The minimum Gasteiger partial charge on any atom is -0.399 e. The van der Waals surface area contributed by atoms with Crippen LogP contribution in [0.4, 0.5) is 5.69 Å². The van der Waals surface area contributed by atoms with Gasteiger partial charge in [0.1, 0.15) is 0 Å². The molecular formula is C11H12N4. The molecule has 0 amide bonds. The average molecular weight is 200 g/mol. The van der Waals surface area contributed by atoms with Gasteiger partial charge in [0, 0.05) is 29.2 Å². The lowest BCUT2D eigenvalue weighted by molar-refractivity contribution is 0.841. The minimum atomic E-state index is 0.688. The molecule has 0 aliphatic carbocycles. The van der Waals surface area contributed by atoms with Gasteiger partial charge in [-0.25, -0.2) is 9.67 Å². The number of hydrogen-bond donors (Lipinski definition) is 1. The van der Waals surface area contributed by atoms with Crippen LogP contribution < -0.4 is 5.73 Å². The second kappa shape index (κ2) is 3.57. The second-order valence-corrected chi connectivity index (χ2v) is 3.32. The van der Waals surface area contributed by atoms with E-state index >= 15 is 0 Å². The van der Waals surface area contributed by atoms with Crippen molar-refractivity contribution in [3.63, 3.8) is 0 Å². The molecule has 0 saturated heterocycles. The van der Waals surface area contributed by atoms with Crippen LogP contribution >= 0.6 is 0 Å². The van der Waals surface area contributed by atoms with Crippen LogP contribution in [0.5, 0.6) is 0 Å². The standard InChI is InChI=1S/C11H12N4/c1-3-9-6-13-15(7-9)11-5-10(12)4-8(2)14-11/h3-7H,1H2,2H3,(H2,12,14). The molecule has 0 bridgehead atoms. The molecule has 0 aromatic carbocycles. The fourth-order valence-corrected chi connectivity index (χ4v) is 1.36. The van der Waals surface area contributed by atoms with Crippen molar-refractivity contribution in [2.45, 2.75) is 6.92 Å². The van der Waals surface area contributed by atoms with Gasteiger partial charge in [-0.05, 0) is 13.0 Å². The van der Waals surface area contributed by atoms with Crippen molar-refractivity contribution >= 4 is 11.8 Å². The highest BCUT2D eigenvalue weighted by Gasteiger charge is 2.01. The summed E-state index contributed by atoms with van der Waals surface area (Å²) in [6.45, 7) is 5.58. The highest BCUT2D eigenvalue weighted by molar-refractivity contribution is 5.47. The largest absolute Gasteiger partial charge is 0.399 e. The first-order chi connectivity index (χ1) is 7.19. The Kier molecular flexibility index (Phi) is 2.25. The Bertz CT molecular complexity index is 479. The minimum absolute atomic E-state index is 0.688. The normalized spacial score (nSPS) is 10.2. The predicted molar refractivity (Wildman–Crippen MR) is 60.6 cm³/mol. The number of hydrogen-bond acceptors (Lipinski definition) is 3. The van der Waals surface area contributed by atoms with Crippen molar-refractivity contribution in [2.24, 2.45) is 0 Å². The number of anilines is 1. The van der Waals surface area contributed by atoms with Gasteiger partial charge in [0.25, 0.3) is 0 Å². The molecule has 0 spiro atoms. The number of pyridine rings is 1. The summed E-state index contributed by atoms with van der Waals surface area (Å²) in [7, 11) is 0. The van der Waals surface area contributed by atoms with Crippen LogP contribution in [0, 0.1) is 6.92 Å². The molecule has 0 saturated carbocycles. The Balaban J connectivity index is 2.48. The molecule has 2 N–H and O–H groups in total. The van der Waals surface area contributed by atoms with Crippen LogP contribution in [0.2, 0.25) is 0 Å². The smallest absolute Gasteiger partial charge is 0.155 e. The fraction of sp³-hybridized carbons (Fsp3) is 0.0909. The molecule has 76 valence electrons. The van der Waals surface area contributed by atoms with Crippen molar-refractivity contribution in [3.05, 3.63) is 42.4 Å². The first kappa shape index (κ1) is 9.45. The highest BCUT2D eigenvalue weighted by atomic mass is 15.3. The van der Waals surface area contributed by atoms with E-state index in [1.54, 1.807) is 23.0 Å². The molecule has 2 heterocycles. The van der Waals surface area contributed by atoms with Crippen molar-refractivity contribution in [1.29, 1.82) is 0 Å². The SMILES string of the molecule is C=Cc1cnn(-c2cc(N)cc(C)n2)c1. The van der Waals surface area contributed by atoms with Gasteiger partial charge >= 0.3 is 0 Å². The van der Waals surface area contributed by atoms with Gasteiger partial charge in [-0.3, -0.25) is 0 Å². The molecule has 0 atom stereocenters. The van der Waals surface area contributed by atoms with Gasteiger partial charge in [0.05, 0.1) is 6.20 Å². The zero-order valence-corrected chi connectivity index (χ0v) is 8.51. The van der Waals surface area contributed by atoms with Crippen molar-refractivity contribution in [1.82, 2.24) is 14.8 Å². The summed E-state index contributed by atoms with van der Waals surface area (Å²) < 4.78 is 1.68. The van der Waals surface area contributed by atoms with Gasteiger partial charge < -0.3 is 5.73 Å². The maximum Gasteiger partial charge on any atom is 0.155 e. The van der Waals surface area contributed by atoms with E-state index in [4.69, 9.17) is 5.73 Å². The van der Waals surface area contributed by atoms with Gasteiger partial charge in [0.2, 0.25) is 0 Å². The molecule has 0 aliphatic heterocycles. The van der Waals surface area contributed by atoms with E-state index in [0.717, 1.165) is 17.1 Å². The summed E-state index contributed by atoms with van der Waals surface area (Å²) in [6, 6.07) is 3.61. The number of rotatable bonds is 2. The summed E-state index contributed by atoms with van der Waals surface area (Å²) in [6.07, 6.45) is 5.32. The van der Waals surface area contributed by atoms with Gasteiger partial charge in [-0.1, -0.05) is 12.7 Å². The van der Waals surface area contributed by atoms with Crippen molar-refractivity contribution in [2.75, 3.05) is 5.73 Å². The number of nitrogens with two attached hydrogens (primary N) is 1. The third-order valence-electron chi connectivity index (χ3n) is 2.04. The number of nitrogen functional groups attached to an aromatic ring is 1. The Labute approximate surface area is 88.1 Å². The van der Waals surface area contributed by atoms with E-state index in [1.165, 1.54) is 0 Å². The van der Waals surface area contributed by atoms with E-state index in [9.17, 15) is 0 Å². The first-order valence-corrected chi connectivity index (χ1v) is 4.60. The van der Waals surface area contributed by atoms with Gasteiger partial charge in [0.15, 0.2) is 5.82 Å². The molecule has 4 nitrogen and oxygen atoms in total. The molecule has 0 unspecified atom stereocenters. The summed E-state index contributed by atoms with van der Waals surface area (Å²) in [5.41, 5.74) is 8.25. The Morgan fingerprint density at radius 3 is 2.87 bits per heavy atom. The monoisotopic (exact) mass is 200 g/mol. The molecule has 4 heteroatoms. The van der Waals surface area contributed by atoms with Gasteiger partial charge in [-0.15, -0.1) is 0 Å². The zero-order chi connectivity index (χ0) is 10.8. The van der Waals surface area contributed by atoms with Crippen molar-refractivity contribution < 1.29 is 0 Å². The zero-order valence-electron chi connectivity index (χ0n) is 8.51. The van der Waals surface area contributed by atoms with E-state index < -0.39 is 0 Å². The van der Waals surface area contributed by atoms with E-state index in [-0.39, 0.29) is 0 Å². The highest BCUT2D eigenvalue weighted by Crippen LogP contribution is 2.11. The topological polar surface area (TPSA) is 56.7 Å². The molecule has 2 aromatic rings. The molecule has 0 fully saturated rings. The molecule has 0 aliphatic rings. The lowest BCUT2D eigenvalue weighted by Crippen LogP contribution is -2.00.